The Balaban J connectivity index is 1.96. The van der Waals surface area contributed by atoms with Crippen LogP contribution >= 0.6 is 11.3 Å². The van der Waals surface area contributed by atoms with Crippen molar-refractivity contribution in [3.05, 3.63) is 23.0 Å². The molecule has 3 aromatic heterocycles. The van der Waals surface area contributed by atoms with Crippen LogP contribution in [0.3, 0.4) is 0 Å². The molecule has 0 bridgehead atoms. The molecule has 3 aromatic rings. The highest BCUT2D eigenvalue weighted by Gasteiger charge is 2.21. The van der Waals surface area contributed by atoms with E-state index in [0.717, 1.165) is 34.4 Å². The summed E-state index contributed by atoms with van der Waals surface area (Å²) in [4.78, 5) is 29.0. The molecule has 0 spiro atoms. The molecule has 0 aromatic carbocycles. The number of rotatable bonds is 2. The molecule has 0 atom stereocenters. The van der Waals surface area contributed by atoms with Gasteiger partial charge in [0.15, 0.2) is 0 Å². The highest BCUT2D eigenvalue weighted by molar-refractivity contribution is 7.25. The van der Waals surface area contributed by atoms with Crippen molar-refractivity contribution in [1.29, 1.82) is 0 Å². The summed E-state index contributed by atoms with van der Waals surface area (Å²) in [6.45, 7) is 0. The molecule has 0 aliphatic heterocycles. The van der Waals surface area contributed by atoms with E-state index < -0.39 is 0 Å². The van der Waals surface area contributed by atoms with Crippen molar-refractivity contribution >= 4 is 37.6 Å². The SMILES string of the molecule is CN(C)c1ncnc2sc3c(=O)n(C4CCCCC4)cnc3c12. The van der Waals surface area contributed by atoms with Gasteiger partial charge in [0.05, 0.1) is 11.7 Å². The van der Waals surface area contributed by atoms with Gasteiger partial charge in [-0.25, -0.2) is 15.0 Å². The molecule has 0 N–H and O–H groups in total. The van der Waals surface area contributed by atoms with Crippen LogP contribution in [0.25, 0.3) is 20.4 Å². The van der Waals surface area contributed by atoms with Gasteiger partial charge >= 0.3 is 0 Å². The van der Waals surface area contributed by atoms with E-state index in [0.29, 0.717) is 4.70 Å². The first kappa shape index (κ1) is 14.6. The van der Waals surface area contributed by atoms with Crippen molar-refractivity contribution < 1.29 is 0 Å². The number of aromatic nitrogens is 4. The van der Waals surface area contributed by atoms with Crippen LogP contribution in [-0.4, -0.2) is 33.6 Å². The average molecular weight is 329 g/mol. The van der Waals surface area contributed by atoms with Gasteiger partial charge in [0.2, 0.25) is 0 Å². The van der Waals surface area contributed by atoms with Gasteiger partial charge in [0.25, 0.3) is 5.56 Å². The Hall–Kier alpha value is -2.02. The third-order valence-electron chi connectivity index (χ3n) is 4.57. The van der Waals surface area contributed by atoms with Gasteiger partial charge in [-0.1, -0.05) is 19.3 Å². The number of hydrogen-bond donors (Lipinski definition) is 0. The highest BCUT2D eigenvalue weighted by atomic mass is 32.1. The molecule has 1 aliphatic carbocycles. The van der Waals surface area contributed by atoms with Crippen LogP contribution in [0.5, 0.6) is 0 Å². The van der Waals surface area contributed by atoms with Gasteiger partial charge in [-0.05, 0) is 12.8 Å². The molecule has 1 fully saturated rings. The largest absolute Gasteiger partial charge is 0.362 e. The van der Waals surface area contributed by atoms with Gasteiger partial charge in [-0.2, -0.15) is 0 Å². The second-order valence-corrected chi connectivity index (χ2v) is 7.30. The van der Waals surface area contributed by atoms with Crippen LogP contribution in [-0.2, 0) is 0 Å². The first-order valence-corrected chi connectivity index (χ1v) is 8.80. The molecule has 23 heavy (non-hydrogen) atoms. The predicted molar refractivity (Wildman–Crippen MR) is 93.4 cm³/mol. The van der Waals surface area contributed by atoms with Crippen LogP contribution < -0.4 is 10.5 Å². The van der Waals surface area contributed by atoms with Crippen LogP contribution in [0.1, 0.15) is 38.1 Å². The summed E-state index contributed by atoms with van der Waals surface area (Å²) in [7, 11) is 3.88. The van der Waals surface area contributed by atoms with E-state index in [1.807, 2.05) is 23.6 Å². The Morgan fingerprint density at radius 3 is 2.70 bits per heavy atom. The molecule has 0 unspecified atom stereocenters. The number of fused-ring (bicyclic) bond motifs is 3. The summed E-state index contributed by atoms with van der Waals surface area (Å²) < 4.78 is 2.52. The fourth-order valence-corrected chi connectivity index (χ4v) is 4.45. The fourth-order valence-electron chi connectivity index (χ4n) is 3.42. The quantitative estimate of drug-likeness (QED) is 0.723. The van der Waals surface area contributed by atoms with Gasteiger partial charge < -0.3 is 4.90 Å². The minimum Gasteiger partial charge on any atom is -0.362 e. The van der Waals surface area contributed by atoms with Crippen molar-refractivity contribution in [2.45, 2.75) is 38.1 Å². The van der Waals surface area contributed by atoms with Gasteiger partial charge in [0, 0.05) is 20.1 Å². The van der Waals surface area contributed by atoms with Crippen LogP contribution in [0, 0.1) is 0 Å². The van der Waals surface area contributed by atoms with Crippen molar-refractivity contribution in [3.63, 3.8) is 0 Å². The van der Waals surface area contributed by atoms with E-state index >= 15 is 0 Å². The topological polar surface area (TPSA) is 63.9 Å². The van der Waals surface area contributed by atoms with Gasteiger partial charge in [-0.15, -0.1) is 11.3 Å². The van der Waals surface area contributed by atoms with Crippen LogP contribution in [0.15, 0.2) is 17.4 Å². The lowest BCUT2D eigenvalue weighted by Gasteiger charge is -2.23. The molecule has 0 radical (unpaired) electrons. The number of anilines is 1. The lowest BCUT2D eigenvalue weighted by Crippen LogP contribution is -2.26. The first-order valence-electron chi connectivity index (χ1n) is 7.98. The third-order valence-corrected chi connectivity index (χ3v) is 5.65. The zero-order valence-electron chi connectivity index (χ0n) is 13.3. The maximum atomic E-state index is 13.0. The number of thiophene rings is 1. The second kappa shape index (κ2) is 5.56. The summed E-state index contributed by atoms with van der Waals surface area (Å²) in [5.74, 6) is 0.809. The normalized spacial score (nSPS) is 16.3. The number of nitrogens with zero attached hydrogens (tertiary/aromatic N) is 5. The Morgan fingerprint density at radius 2 is 1.96 bits per heavy atom. The van der Waals surface area contributed by atoms with Crippen LogP contribution in [0.2, 0.25) is 0 Å². The molecule has 1 aliphatic rings. The highest BCUT2D eigenvalue weighted by Crippen LogP contribution is 2.34. The van der Waals surface area contributed by atoms with E-state index in [1.54, 1.807) is 12.7 Å². The maximum Gasteiger partial charge on any atom is 0.271 e. The van der Waals surface area contributed by atoms with E-state index in [1.165, 1.54) is 30.6 Å². The summed E-state index contributed by atoms with van der Waals surface area (Å²) >= 11 is 1.42. The summed E-state index contributed by atoms with van der Waals surface area (Å²) in [5.41, 5.74) is 0.793. The summed E-state index contributed by atoms with van der Waals surface area (Å²) in [6, 6.07) is 0.290. The Kier molecular flexibility index (Phi) is 3.52. The maximum absolute atomic E-state index is 13.0. The number of hydrogen-bond acceptors (Lipinski definition) is 6. The van der Waals surface area contributed by atoms with Crippen LogP contribution in [0.4, 0.5) is 5.82 Å². The molecule has 6 nitrogen and oxygen atoms in total. The van der Waals surface area contributed by atoms with E-state index in [9.17, 15) is 4.79 Å². The monoisotopic (exact) mass is 329 g/mol. The molecular formula is C16H19N5OS. The van der Waals surface area contributed by atoms with E-state index in [4.69, 9.17) is 0 Å². The van der Waals surface area contributed by atoms with Crippen molar-refractivity contribution in [3.8, 4) is 0 Å². The lowest BCUT2D eigenvalue weighted by atomic mass is 9.95. The molecule has 3 heterocycles. The molecular weight excluding hydrogens is 310 g/mol. The van der Waals surface area contributed by atoms with Gasteiger partial charge in [-0.3, -0.25) is 9.36 Å². The Labute approximate surface area is 137 Å². The molecule has 1 saturated carbocycles. The Morgan fingerprint density at radius 1 is 1.17 bits per heavy atom. The van der Waals surface area contributed by atoms with E-state index in [-0.39, 0.29) is 11.6 Å². The molecule has 7 heteroatoms. The standard InChI is InChI=1S/C16H19N5OS/c1-20(2)14-11-12-13(23-15(11)18-8-17-14)16(22)21(9-19-12)10-6-4-3-5-7-10/h8-10H,3-7H2,1-2H3. The Bertz CT molecular complexity index is 923. The minimum absolute atomic E-state index is 0.0645. The second-order valence-electron chi connectivity index (χ2n) is 6.30. The summed E-state index contributed by atoms with van der Waals surface area (Å²) in [5, 5.41) is 0.880. The van der Waals surface area contributed by atoms with Crippen molar-refractivity contribution in [2.24, 2.45) is 0 Å². The average Bonchev–Trinajstić information content (AvgIpc) is 2.95. The third kappa shape index (κ3) is 2.30. The zero-order chi connectivity index (χ0) is 16.0. The summed E-state index contributed by atoms with van der Waals surface area (Å²) in [6.07, 6.45) is 9.06. The predicted octanol–water partition coefficient (Wildman–Crippen LogP) is 2.97. The molecule has 4 rings (SSSR count). The minimum atomic E-state index is 0.0645. The van der Waals surface area contributed by atoms with Crippen molar-refractivity contribution in [2.75, 3.05) is 19.0 Å². The smallest absolute Gasteiger partial charge is 0.271 e. The lowest BCUT2D eigenvalue weighted by molar-refractivity contribution is 0.345. The molecule has 120 valence electrons. The molecule has 0 saturated heterocycles. The van der Waals surface area contributed by atoms with E-state index in [2.05, 4.69) is 15.0 Å². The first-order chi connectivity index (χ1) is 11.2. The molecule has 0 amide bonds. The zero-order valence-corrected chi connectivity index (χ0v) is 14.1. The van der Waals surface area contributed by atoms with Crippen molar-refractivity contribution in [1.82, 2.24) is 19.5 Å². The fraction of sp³-hybridized carbons (Fsp3) is 0.500. The van der Waals surface area contributed by atoms with Gasteiger partial charge in [0.1, 0.15) is 27.2 Å².